The average molecular weight is 287 g/mol. The summed E-state index contributed by atoms with van der Waals surface area (Å²) in [5.41, 5.74) is 2.37. The second-order valence-electron chi connectivity index (χ2n) is 4.51. The van der Waals surface area contributed by atoms with Gasteiger partial charge in [0.1, 0.15) is 0 Å². The summed E-state index contributed by atoms with van der Waals surface area (Å²) in [5, 5.41) is 9.93. The Morgan fingerprint density at radius 1 is 1.25 bits per heavy atom. The van der Waals surface area contributed by atoms with E-state index in [9.17, 15) is 4.79 Å². The zero-order valence-electron chi connectivity index (χ0n) is 11.4. The van der Waals surface area contributed by atoms with Crippen molar-refractivity contribution in [1.29, 1.82) is 0 Å². The summed E-state index contributed by atoms with van der Waals surface area (Å²) in [4.78, 5) is 15.7. The van der Waals surface area contributed by atoms with Crippen molar-refractivity contribution in [3.05, 3.63) is 59.3 Å². The molecule has 1 heterocycles. The molecule has 1 aromatic carbocycles. The largest absolute Gasteiger partial charge is 0.478 e. The van der Waals surface area contributed by atoms with Crippen LogP contribution in [-0.2, 0) is 12.2 Å². The first-order valence-electron chi connectivity index (χ1n) is 6.60. The van der Waals surface area contributed by atoms with Crippen molar-refractivity contribution in [1.82, 2.24) is 4.98 Å². The van der Waals surface area contributed by atoms with Gasteiger partial charge in [-0.05, 0) is 24.1 Å². The van der Waals surface area contributed by atoms with E-state index in [2.05, 4.69) is 24.0 Å². The molecule has 0 spiro atoms. The van der Waals surface area contributed by atoms with Gasteiger partial charge in [0.05, 0.1) is 10.6 Å². The fourth-order valence-electron chi connectivity index (χ4n) is 1.87. The average Bonchev–Trinajstić information content (AvgIpc) is 2.46. The Hall–Kier alpha value is -1.81. The highest BCUT2D eigenvalue weighted by molar-refractivity contribution is 7.98. The number of carbonyl (C=O) groups is 1. The predicted octanol–water partition coefficient (Wildman–Crippen LogP) is 4.02. The van der Waals surface area contributed by atoms with Gasteiger partial charge in [-0.3, -0.25) is 0 Å². The summed E-state index contributed by atoms with van der Waals surface area (Å²) in [6.45, 7) is 2.06. The zero-order chi connectivity index (χ0) is 14.4. The topological polar surface area (TPSA) is 50.2 Å². The fraction of sp³-hybridized carbons (Fsp3) is 0.250. The van der Waals surface area contributed by atoms with Gasteiger partial charge in [0.2, 0.25) is 0 Å². The number of nitrogens with zero attached hydrogens (tertiary/aromatic N) is 1. The normalized spacial score (nSPS) is 10.4. The Kier molecular flexibility index (Phi) is 5.18. The molecule has 2 rings (SSSR count). The molecule has 0 aliphatic rings. The van der Waals surface area contributed by atoms with Crippen LogP contribution in [0.4, 0.5) is 0 Å². The quantitative estimate of drug-likeness (QED) is 0.815. The maximum Gasteiger partial charge on any atom is 0.335 e. The fourth-order valence-corrected chi connectivity index (χ4v) is 2.77. The van der Waals surface area contributed by atoms with Gasteiger partial charge < -0.3 is 5.11 Å². The van der Waals surface area contributed by atoms with Crippen molar-refractivity contribution >= 4 is 17.7 Å². The summed E-state index contributed by atoms with van der Waals surface area (Å²) >= 11 is 1.57. The highest BCUT2D eigenvalue weighted by atomic mass is 32.2. The highest BCUT2D eigenvalue weighted by Crippen LogP contribution is 2.23. The van der Waals surface area contributed by atoms with E-state index in [4.69, 9.17) is 5.11 Å². The van der Waals surface area contributed by atoms with Gasteiger partial charge >= 0.3 is 5.97 Å². The van der Waals surface area contributed by atoms with Crippen molar-refractivity contribution in [3.63, 3.8) is 0 Å². The zero-order valence-corrected chi connectivity index (χ0v) is 12.2. The Morgan fingerprint density at radius 2 is 2.00 bits per heavy atom. The number of rotatable bonds is 6. The number of carboxylic acids is 1. The van der Waals surface area contributed by atoms with Crippen molar-refractivity contribution in [2.24, 2.45) is 0 Å². The molecule has 20 heavy (non-hydrogen) atoms. The first-order chi connectivity index (χ1) is 9.69. The van der Waals surface area contributed by atoms with E-state index in [-0.39, 0.29) is 0 Å². The summed E-state index contributed by atoms with van der Waals surface area (Å²) in [6, 6.07) is 13.4. The van der Waals surface area contributed by atoms with Gasteiger partial charge in [-0.1, -0.05) is 43.7 Å². The maximum atomic E-state index is 11.1. The van der Waals surface area contributed by atoms with Crippen LogP contribution in [0.3, 0.4) is 0 Å². The van der Waals surface area contributed by atoms with Crippen LogP contribution in [0.1, 0.15) is 35.0 Å². The van der Waals surface area contributed by atoms with Gasteiger partial charge in [-0.15, -0.1) is 11.8 Å². The van der Waals surface area contributed by atoms with E-state index in [0.29, 0.717) is 5.56 Å². The third kappa shape index (κ3) is 4.10. The maximum absolute atomic E-state index is 11.1. The summed E-state index contributed by atoms with van der Waals surface area (Å²) in [6.07, 6.45) is 1.76. The molecule has 0 amide bonds. The minimum absolute atomic E-state index is 0.319. The van der Waals surface area contributed by atoms with Gasteiger partial charge in [0.15, 0.2) is 0 Å². The third-order valence-electron chi connectivity index (χ3n) is 2.84. The van der Waals surface area contributed by atoms with Crippen LogP contribution >= 0.6 is 11.8 Å². The van der Waals surface area contributed by atoms with Crippen molar-refractivity contribution in [2.75, 3.05) is 0 Å². The van der Waals surface area contributed by atoms with Crippen LogP contribution in [-0.4, -0.2) is 16.1 Å². The molecule has 0 aliphatic carbocycles. The molecule has 0 radical (unpaired) electrons. The number of aromatic nitrogens is 1. The number of carboxylic acid groups (broad SMARTS) is 1. The monoisotopic (exact) mass is 287 g/mol. The first kappa shape index (κ1) is 14.6. The standard InChI is InChI=1S/C16H17NO2S/c1-2-6-14-9-13(16(18)19)10-15(17-14)20-11-12-7-4-3-5-8-12/h3-5,7-10H,2,6,11H2,1H3,(H,18,19). The Bertz CT molecular complexity index is 584. The van der Waals surface area contributed by atoms with Crippen LogP contribution in [0.15, 0.2) is 47.5 Å². The van der Waals surface area contributed by atoms with E-state index in [0.717, 1.165) is 29.3 Å². The van der Waals surface area contributed by atoms with Crippen LogP contribution in [0.5, 0.6) is 0 Å². The SMILES string of the molecule is CCCc1cc(C(=O)O)cc(SCc2ccccc2)n1. The number of thioether (sulfide) groups is 1. The van der Waals surface area contributed by atoms with Crippen molar-refractivity contribution in [2.45, 2.75) is 30.5 Å². The number of benzene rings is 1. The summed E-state index contributed by atoms with van der Waals surface area (Å²) in [5.74, 6) is -0.103. The van der Waals surface area contributed by atoms with Gasteiger partial charge in [-0.2, -0.15) is 0 Å². The second-order valence-corrected chi connectivity index (χ2v) is 5.51. The van der Waals surface area contributed by atoms with Crippen molar-refractivity contribution < 1.29 is 9.90 Å². The number of hydrogen-bond donors (Lipinski definition) is 1. The molecule has 0 atom stereocenters. The van der Waals surface area contributed by atoms with Crippen molar-refractivity contribution in [3.8, 4) is 0 Å². The predicted molar refractivity (Wildman–Crippen MR) is 81.2 cm³/mol. The van der Waals surface area contributed by atoms with E-state index in [1.165, 1.54) is 5.56 Å². The molecule has 1 N–H and O–H groups in total. The minimum Gasteiger partial charge on any atom is -0.478 e. The van der Waals surface area contributed by atoms with Crippen LogP contribution in [0.25, 0.3) is 0 Å². The Morgan fingerprint density at radius 3 is 2.65 bits per heavy atom. The Labute approximate surface area is 123 Å². The molecule has 0 fully saturated rings. The minimum atomic E-state index is -0.897. The lowest BCUT2D eigenvalue weighted by Gasteiger charge is -2.06. The van der Waals surface area contributed by atoms with Crippen LogP contribution in [0, 0.1) is 0 Å². The van der Waals surface area contributed by atoms with E-state index in [1.807, 2.05) is 18.2 Å². The number of aryl methyl sites for hydroxylation is 1. The number of pyridine rings is 1. The lowest BCUT2D eigenvalue weighted by molar-refractivity contribution is 0.0696. The third-order valence-corrected chi connectivity index (χ3v) is 3.82. The van der Waals surface area contributed by atoms with E-state index >= 15 is 0 Å². The first-order valence-corrected chi connectivity index (χ1v) is 7.58. The van der Waals surface area contributed by atoms with E-state index < -0.39 is 5.97 Å². The smallest absolute Gasteiger partial charge is 0.335 e. The lowest BCUT2D eigenvalue weighted by atomic mass is 10.2. The molecular weight excluding hydrogens is 270 g/mol. The summed E-state index contributed by atoms with van der Waals surface area (Å²) in [7, 11) is 0. The van der Waals surface area contributed by atoms with Crippen LogP contribution in [0.2, 0.25) is 0 Å². The molecule has 0 bridgehead atoms. The van der Waals surface area contributed by atoms with E-state index in [1.54, 1.807) is 23.9 Å². The molecular formula is C16H17NO2S. The number of hydrogen-bond acceptors (Lipinski definition) is 3. The molecule has 1 aromatic heterocycles. The number of aromatic carboxylic acids is 1. The molecule has 0 unspecified atom stereocenters. The Balaban J connectivity index is 2.15. The van der Waals surface area contributed by atoms with Gasteiger partial charge in [0.25, 0.3) is 0 Å². The molecule has 0 aliphatic heterocycles. The molecule has 4 heteroatoms. The van der Waals surface area contributed by atoms with Crippen LogP contribution < -0.4 is 0 Å². The molecule has 2 aromatic rings. The van der Waals surface area contributed by atoms with Gasteiger partial charge in [-0.25, -0.2) is 9.78 Å². The highest BCUT2D eigenvalue weighted by Gasteiger charge is 2.08. The lowest BCUT2D eigenvalue weighted by Crippen LogP contribution is -2.01. The van der Waals surface area contributed by atoms with Gasteiger partial charge in [0, 0.05) is 11.4 Å². The molecule has 3 nitrogen and oxygen atoms in total. The molecule has 104 valence electrons. The molecule has 0 saturated heterocycles. The summed E-state index contributed by atoms with van der Waals surface area (Å²) < 4.78 is 0. The second kappa shape index (κ2) is 7.10. The molecule has 0 saturated carbocycles.